The maximum Gasteiger partial charge on any atom is 0.331 e. The number of hydrogen-bond donors (Lipinski definition) is 2. The molecule has 8 heteroatoms. The van der Waals surface area contributed by atoms with Crippen LogP contribution < -0.4 is 20.1 Å². The molecule has 0 saturated carbocycles. The Morgan fingerprint density at radius 2 is 1.83 bits per heavy atom. The van der Waals surface area contributed by atoms with Gasteiger partial charge in [0.15, 0.2) is 5.92 Å². The first-order chi connectivity index (χ1) is 13.9. The van der Waals surface area contributed by atoms with E-state index in [1.54, 1.807) is 42.5 Å². The molecule has 29 heavy (non-hydrogen) atoms. The van der Waals surface area contributed by atoms with Crippen LogP contribution >= 0.6 is 0 Å². The highest BCUT2D eigenvalue weighted by Gasteiger charge is 2.42. The molecular weight excluding hydrogens is 374 g/mol. The van der Waals surface area contributed by atoms with Crippen LogP contribution in [-0.2, 0) is 16.1 Å². The maximum atomic E-state index is 12.9. The number of methoxy groups -OCH3 is 2. The van der Waals surface area contributed by atoms with Crippen LogP contribution in [0.4, 0.5) is 10.5 Å². The lowest BCUT2D eigenvalue weighted by atomic mass is 10.0. The fourth-order valence-corrected chi connectivity index (χ4v) is 2.99. The summed E-state index contributed by atoms with van der Waals surface area (Å²) in [4.78, 5) is 38.5. The summed E-state index contributed by atoms with van der Waals surface area (Å²) in [6.07, 6.45) is 0. The van der Waals surface area contributed by atoms with Crippen molar-refractivity contribution >= 4 is 23.5 Å². The Bertz CT molecular complexity index is 958. The van der Waals surface area contributed by atoms with Crippen LogP contribution in [0.25, 0.3) is 0 Å². The Balaban J connectivity index is 1.83. The average molecular weight is 395 g/mol. The summed E-state index contributed by atoms with van der Waals surface area (Å²) >= 11 is 0. The molecule has 4 amide bonds. The van der Waals surface area contributed by atoms with Gasteiger partial charge in [-0.1, -0.05) is 36.9 Å². The van der Waals surface area contributed by atoms with Crippen LogP contribution in [0.3, 0.4) is 0 Å². The number of anilines is 1. The number of carbonyl (C=O) groups excluding carboxylic acids is 3. The molecule has 1 fully saturated rings. The summed E-state index contributed by atoms with van der Waals surface area (Å²) in [7, 11) is 3.01. The molecule has 8 nitrogen and oxygen atoms in total. The van der Waals surface area contributed by atoms with Crippen molar-refractivity contribution in [2.24, 2.45) is 5.92 Å². The first-order valence-electron chi connectivity index (χ1n) is 8.82. The Morgan fingerprint density at radius 3 is 2.48 bits per heavy atom. The fraction of sp³-hybridized carbons (Fsp3) is 0.190. The number of urea groups is 1. The lowest BCUT2D eigenvalue weighted by Gasteiger charge is -2.31. The van der Waals surface area contributed by atoms with Gasteiger partial charge in [0.1, 0.15) is 11.5 Å². The van der Waals surface area contributed by atoms with E-state index in [0.29, 0.717) is 17.2 Å². The van der Waals surface area contributed by atoms with Crippen LogP contribution in [0.5, 0.6) is 11.5 Å². The van der Waals surface area contributed by atoms with Crippen molar-refractivity contribution in [3.8, 4) is 11.5 Å². The van der Waals surface area contributed by atoms with Crippen LogP contribution in [0.1, 0.15) is 5.56 Å². The molecule has 0 aliphatic carbocycles. The van der Waals surface area contributed by atoms with E-state index in [1.165, 1.54) is 14.2 Å². The van der Waals surface area contributed by atoms with Crippen molar-refractivity contribution in [3.63, 3.8) is 0 Å². The van der Waals surface area contributed by atoms with Crippen molar-refractivity contribution in [2.75, 3.05) is 19.5 Å². The van der Waals surface area contributed by atoms with Gasteiger partial charge in [0, 0.05) is 11.8 Å². The number of nitrogens with one attached hydrogen (secondary N) is 2. The zero-order valence-corrected chi connectivity index (χ0v) is 16.1. The molecule has 150 valence electrons. The quantitative estimate of drug-likeness (QED) is 0.700. The normalized spacial score (nSPS) is 16.3. The van der Waals surface area contributed by atoms with E-state index in [0.717, 1.165) is 10.5 Å². The molecule has 0 spiro atoms. The van der Waals surface area contributed by atoms with E-state index in [-0.39, 0.29) is 12.2 Å². The van der Waals surface area contributed by atoms with Gasteiger partial charge in [0.2, 0.25) is 11.8 Å². The molecule has 1 heterocycles. The van der Waals surface area contributed by atoms with Crippen molar-refractivity contribution in [1.82, 2.24) is 10.2 Å². The average Bonchev–Trinajstić information content (AvgIpc) is 2.71. The van der Waals surface area contributed by atoms with Crippen molar-refractivity contribution in [1.29, 1.82) is 0 Å². The summed E-state index contributed by atoms with van der Waals surface area (Å²) < 4.78 is 10.5. The number of imide groups is 2. The summed E-state index contributed by atoms with van der Waals surface area (Å²) in [5.41, 5.74) is 1.35. The van der Waals surface area contributed by atoms with E-state index in [9.17, 15) is 14.4 Å². The van der Waals surface area contributed by atoms with Gasteiger partial charge in [0.25, 0.3) is 0 Å². The second-order valence-corrected chi connectivity index (χ2v) is 6.35. The molecule has 1 saturated heterocycles. The van der Waals surface area contributed by atoms with Crippen LogP contribution in [0.2, 0.25) is 0 Å². The number of barbiturate groups is 1. The smallest absolute Gasteiger partial charge is 0.331 e. The third kappa shape index (κ3) is 4.21. The van der Waals surface area contributed by atoms with E-state index in [1.807, 2.05) is 6.07 Å². The Morgan fingerprint density at radius 1 is 1.10 bits per heavy atom. The second kappa shape index (κ2) is 8.47. The lowest BCUT2D eigenvalue weighted by Crippen LogP contribution is -2.58. The third-order valence-corrected chi connectivity index (χ3v) is 4.48. The third-order valence-electron chi connectivity index (χ3n) is 4.48. The first kappa shape index (κ1) is 19.9. The standard InChI is InChI=1S/C21H21N3O5/c1-13(22-16-11-15(28-2)9-10-17(16)29-3)18-19(25)23-21(27)24(20(18)26)12-14-7-5-4-6-8-14/h4-11,18,22H,1,12H2,2-3H3,(H,23,25,27)/t18-/m0/s1. The highest BCUT2D eigenvalue weighted by molar-refractivity contribution is 6.17. The minimum absolute atomic E-state index is 0.0467. The number of carbonyl (C=O) groups is 3. The number of hydrogen-bond acceptors (Lipinski definition) is 6. The highest BCUT2D eigenvalue weighted by Crippen LogP contribution is 2.31. The number of rotatable bonds is 7. The van der Waals surface area contributed by atoms with Crippen LogP contribution in [0.15, 0.2) is 60.8 Å². The van der Waals surface area contributed by atoms with Gasteiger partial charge in [-0.05, 0) is 17.7 Å². The van der Waals surface area contributed by atoms with Gasteiger partial charge in [-0.25, -0.2) is 4.79 Å². The van der Waals surface area contributed by atoms with E-state index in [2.05, 4.69) is 17.2 Å². The van der Waals surface area contributed by atoms with Gasteiger partial charge in [-0.15, -0.1) is 0 Å². The highest BCUT2D eigenvalue weighted by atomic mass is 16.5. The van der Waals surface area contributed by atoms with Gasteiger partial charge >= 0.3 is 6.03 Å². The molecular formula is C21H21N3O5. The zero-order valence-electron chi connectivity index (χ0n) is 16.1. The Kier molecular flexibility index (Phi) is 5.82. The second-order valence-electron chi connectivity index (χ2n) is 6.35. The molecule has 0 aromatic heterocycles. The SMILES string of the molecule is C=C(Nc1cc(OC)ccc1OC)[C@H]1C(=O)NC(=O)N(Cc2ccccc2)C1=O. The molecule has 1 atom stereocenters. The van der Waals surface area contributed by atoms with E-state index < -0.39 is 23.8 Å². The van der Waals surface area contributed by atoms with Crippen LogP contribution in [-0.4, -0.2) is 37.0 Å². The molecule has 2 N–H and O–H groups in total. The lowest BCUT2D eigenvalue weighted by molar-refractivity contribution is -0.141. The number of nitrogens with zero attached hydrogens (tertiary/aromatic N) is 1. The van der Waals surface area contributed by atoms with Gasteiger partial charge < -0.3 is 14.8 Å². The van der Waals surface area contributed by atoms with Crippen molar-refractivity contribution in [2.45, 2.75) is 6.54 Å². The molecule has 1 aliphatic rings. The largest absolute Gasteiger partial charge is 0.497 e. The molecule has 3 rings (SSSR count). The number of amides is 4. The molecule has 0 radical (unpaired) electrons. The molecule has 0 bridgehead atoms. The summed E-state index contributed by atoms with van der Waals surface area (Å²) in [6.45, 7) is 3.89. The zero-order chi connectivity index (χ0) is 21.0. The van der Waals surface area contributed by atoms with E-state index in [4.69, 9.17) is 9.47 Å². The fourth-order valence-electron chi connectivity index (χ4n) is 2.99. The summed E-state index contributed by atoms with van der Waals surface area (Å²) in [5.74, 6) is -1.62. The molecule has 2 aromatic carbocycles. The maximum absolute atomic E-state index is 12.9. The monoisotopic (exact) mass is 395 g/mol. The minimum atomic E-state index is -1.27. The first-order valence-corrected chi connectivity index (χ1v) is 8.82. The van der Waals surface area contributed by atoms with Crippen molar-refractivity contribution < 1.29 is 23.9 Å². The molecule has 0 unspecified atom stereocenters. The molecule has 2 aromatic rings. The van der Waals surface area contributed by atoms with Crippen molar-refractivity contribution in [3.05, 3.63) is 66.4 Å². The number of ether oxygens (including phenoxy) is 2. The summed E-state index contributed by atoms with van der Waals surface area (Å²) in [5, 5.41) is 5.17. The predicted molar refractivity (Wildman–Crippen MR) is 106 cm³/mol. The van der Waals surface area contributed by atoms with Gasteiger partial charge in [-0.2, -0.15) is 0 Å². The Labute approximate surface area is 168 Å². The minimum Gasteiger partial charge on any atom is -0.497 e. The predicted octanol–water partition coefficient (Wildman–Crippen LogP) is 2.52. The van der Waals surface area contributed by atoms with E-state index >= 15 is 0 Å². The van der Waals surface area contributed by atoms with Gasteiger partial charge in [0.05, 0.1) is 26.5 Å². The Hall–Kier alpha value is -3.81. The number of benzene rings is 2. The topological polar surface area (TPSA) is 97.0 Å². The van der Waals surface area contributed by atoms with Gasteiger partial charge in [-0.3, -0.25) is 19.8 Å². The summed E-state index contributed by atoms with van der Waals surface area (Å²) in [6, 6.07) is 13.3. The molecule has 1 aliphatic heterocycles. The van der Waals surface area contributed by atoms with Crippen LogP contribution in [0, 0.1) is 5.92 Å².